The number of rotatable bonds is 19. The summed E-state index contributed by atoms with van der Waals surface area (Å²) >= 11 is 5.94. The van der Waals surface area contributed by atoms with Gasteiger partial charge in [0, 0.05) is 76.7 Å². The number of esters is 1. The number of anilines is 2. The summed E-state index contributed by atoms with van der Waals surface area (Å²) in [6, 6.07) is 12.0. The number of alkyl halides is 1. The molecular formula is C33H45ClN6O5. The molecule has 0 amide bonds. The minimum absolute atomic E-state index is 0.0316. The third-order valence-corrected chi connectivity index (χ3v) is 8.24. The zero-order valence-corrected chi connectivity index (χ0v) is 27.3. The van der Waals surface area contributed by atoms with Crippen LogP contribution in [-0.2, 0) is 41.3 Å². The number of ketones is 1. The van der Waals surface area contributed by atoms with E-state index in [1.54, 1.807) is 6.92 Å². The maximum atomic E-state index is 12.6. The molecule has 0 fully saturated rings. The fraction of sp³-hybridized carbons (Fsp3) is 0.515. The van der Waals surface area contributed by atoms with E-state index >= 15 is 0 Å². The summed E-state index contributed by atoms with van der Waals surface area (Å²) in [5, 5.41) is 19.1. The average molecular weight is 641 g/mol. The molecule has 2 aromatic heterocycles. The molecule has 0 radical (unpaired) electrons. The Morgan fingerprint density at radius 2 is 1.31 bits per heavy atom. The van der Waals surface area contributed by atoms with Crippen LogP contribution < -0.4 is 9.80 Å². The second kappa shape index (κ2) is 16.6. The number of halogens is 1. The molecule has 4 rings (SSSR count). The van der Waals surface area contributed by atoms with Crippen LogP contribution in [0.5, 0.6) is 0 Å². The average Bonchev–Trinajstić information content (AvgIpc) is 3.50. The molecule has 2 heterocycles. The van der Waals surface area contributed by atoms with Crippen LogP contribution in [0.15, 0.2) is 36.4 Å². The van der Waals surface area contributed by atoms with Crippen LogP contribution in [-0.4, -0.2) is 92.9 Å². The minimum Gasteiger partial charge on any atom is -0.464 e. The minimum atomic E-state index is -0.268. The molecule has 45 heavy (non-hydrogen) atoms. The second-order valence-corrected chi connectivity index (χ2v) is 11.6. The van der Waals surface area contributed by atoms with Gasteiger partial charge in [0.1, 0.15) is 24.0 Å². The maximum Gasteiger partial charge on any atom is 0.305 e. The molecule has 4 aromatic rings. The Hall–Kier alpha value is -3.67. The molecule has 0 aliphatic rings. The van der Waals surface area contributed by atoms with Gasteiger partial charge in [-0.05, 0) is 56.2 Å². The number of aryl methyl sites for hydroxylation is 4. The fourth-order valence-corrected chi connectivity index (χ4v) is 5.83. The number of hydrogen-bond acceptors (Lipinski definition) is 9. The first-order valence-electron chi connectivity index (χ1n) is 15.6. The van der Waals surface area contributed by atoms with Crippen molar-refractivity contribution in [1.82, 2.24) is 19.1 Å². The SMILES string of the molecule is CC(=O)CCCc1nc2cc(N(CCO)CCOC(=O)CCCc3nc4cc(N(CCO)CCCl)ccc4n3C)ccc2n1C. The molecule has 0 saturated carbocycles. The predicted molar refractivity (Wildman–Crippen MR) is 178 cm³/mol. The van der Waals surface area contributed by atoms with Gasteiger partial charge in [-0.3, -0.25) is 4.79 Å². The van der Waals surface area contributed by atoms with E-state index in [0.717, 1.165) is 57.9 Å². The first kappa shape index (κ1) is 34.2. The molecule has 244 valence electrons. The molecule has 0 aliphatic heterocycles. The Morgan fingerprint density at radius 3 is 1.80 bits per heavy atom. The summed E-state index contributed by atoms with van der Waals surface area (Å²) in [4.78, 5) is 37.5. The van der Waals surface area contributed by atoms with Crippen molar-refractivity contribution in [2.45, 2.75) is 45.4 Å². The highest BCUT2D eigenvalue weighted by Gasteiger charge is 2.15. The highest BCUT2D eigenvalue weighted by atomic mass is 35.5. The summed E-state index contributed by atoms with van der Waals surface area (Å²) < 4.78 is 9.65. The largest absolute Gasteiger partial charge is 0.464 e. The van der Waals surface area contributed by atoms with E-state index in [1.165, 1.54) is 0 Å². The molecule has 2 N–H and O–H groups in total. The number of fused-ring (bicyclic) bond motifs is 2. The van der Waals surface area contributed by atoms with Crippen LogP contribution in [0.25, 0.3) is 22.1 Å². The molecule has 2 aromatic carbocycles. The van der Waals surface area contributed by atoms with Gasteiger partial charge in [-0.15, -0.1) is 11.6 Å². The number of Topliss-reactive ketones (excluding diaryl/α,β-unsaturated/α-hetero) is 1. The van der Waals surface area contributed by atoms with E-state index in [2.05, 4.69) is 4.57 Å². The zero-order valence-electron chi connectivity index (χ0n) is 26.5. The summed E-state index contributed by atoms with van der Waals surface area (Å²) in [5.74, 6) is 2.20. The van der Waals surface area contributed by atoms with Gasteiger partial charge >= 0.3 is 5.97 Å². The van der Waals surface area contributed by atoms with Crippen LogP contribution in [0.4, 0.5) is 11.4 Å². The van der Waals surface area contributed by atoms with Crippen LogP contribution in [0.3, 0.4) is 0 Å². The van der Waals surface area contributed by atoms with Gasteiger partial charge in [-0.2, -0.15) is 0 Å². The number of carbonyl (C=O) groups is 2. The van der Waals surface area contributed by atoms with Gasteiger partial charge in [0.25, 0.3) is 0 Å². The lowest BCUT2D eigenvalue weighted by Crippen LogP contribution is -2.31. The summed E-state index contributed by atoms with van der Waals surface area (Å²) in [5.41, 5.74) is 5.58. The number of hydrogen-bond donors (Lipinski definition) is 2. The second-order valence-electron chi connectivity index (χ2n) is 11.3. The van der Waals surface area contributed by atoms with Gasteiger partial charge in [0.2, 0.25) is 0 Å². The monoisotopic (exact) mass is 640 g/mol. The van der Waals surface area contributed by atoms with E-state index in [-0.39, 0.29) is 38.0 Å². The van der Waals surface area contributed by atoms with Crippen molar-refractivity contribution < 1.29 is 24.5 Å². The molecule has 0 spiro atoms. The van der Waals surface area contributed by atoms with Crippen molar-refractivity contribution in [3.63, 3.8) is 0 Å². The third-order valence-electron chi connectivity index (χ3n) is 8.07. The normalized spacial score (nSPS) is 11.4. The van der Waals surface area contributed by atoms with E-state index in [0.29, 0.717) is 51.3 Å². The Bertz CT molecular complexity index is 1580. The van der Waals surface area contributed by atoms with E-state index in [4.69, 9.17) is 26.3 Å². The number of benzene rings is 2. The maximum absolute atomic E-state index is 12.6. The lowest BCUT2D eigenvalue weighted by atomic mass is 10.2. The Labute approximate surface area is 269 Å². The van der Waals surface area contributed by atoms with Crippen molar-refractivity contribution in [3.05, 3.63) is 48.0 Å². The quantitative estimate of drug-likeness (QED) is 0.116. The summed E-state index contributed by atoms with van der Waals surface area (Å²) in [6.45, 7) is 3.81. The number of imidazole rings is 2. The number of aliphatic hydroxyl groups is 2. The smallest absolute Gasteiger partial charge is 0.305 e. The summed E-state index contributed by atoms with van der Waals surface area (Å²) in [7, 11) is 3.95. The Kier molecular flexibility index (Phi) is 12.6. The Morgan fingerprint density at radius 1 is 0.800 bits per heavy atom. The van der Waals surface area contributed by atoms with Crippen LogP contribution in [0, 0.1) is 0 Å². The molecule has 12 heteroatoms. The zero-order chi connectivity index (χ0) is 32.3. The molecule has 0 saturated heterocycles. The number of carbonyl (C=O) groups excluding carboxylic acids is 2. The Balaban J connectivity index is 1.29. The number of aliphatic hydroxyl groups excluding tert-OH is 2. The first-order chi connectivity index (χ1) is 21.7. The number of nitrogens with zero attached hydrogens (tertiary/aromatic N) is 6. The van der Waals surface area contributed by atoms with Crippen LogP contribution >= 0.6 is 11.6 Å². The lowest BCUT2D eigenvalue weighted by molar-refractivity contribution is -0.143. The van der Waals surface area contributed by atoms with Gasteiger partial charge in [-0.25, -0.2) is 9.97 Å². The highest BCUT2D eigenvalue weighted by Crippen LogP contribution is 2.25. The van der Waals surface area contributed by atoms with Crippen molar-refractivity contribution in [2.75, 3.05) is 61.7 Å². The standard InChI is InChI=1S/C33H45ClN6O5/c1-24(43)6-4-7-31-35-28-23-26(11-13-30(28)37(31)2)40(17-20-42)18-21-45-33(44)9-5-8-32-36-27-22-25(10-12-29(27)38(32)3)39(15-14-34)16-19-41/h10-13,22-23,41-42H,4-9,14-21H2,1-3H3. The van der Waals surface area contributed by atoms with Gasteiger partial charge in [0.15, 0.2) is 0 Å². The van der Waals surface area contributed by atoms with Crippen molar-refractivity contribution >= 4 is 56.8 Å². The van der Waals surface area contributed by atoms with E-state index in [9.17, 15) is 19.8 Å². The molecule has 0 aliphatic carbocycles. The fourth-order valence-electron chi connectivity index (χ4n) is 5.63. The number of ether oxygens (including phenoxy) is 1. The predicted octanol–water partition coefficient (Wildman–Crippen LogP) is 3.77. The van der Waals surface area contributed by atoms with E-state index < -0.39 is 0 Å². The molecule has 0 unspecified atom stereocenters. The third kappa shape index (κ3) is 8.96. The van der Waals surface area contributed by atoms with Crippen LogP contribution in [0.1, 0.15) is 44.3 Å². The highest BCUT2D eigenvalue weighted by molar-refractivity contribution is 6.18. The van der Waals surface area contributed by atoms with E-state index in [1.807, 2.05) is 64.9 Å². The molecule has 0 bridgehead atoms. The topological polar surface area (TPSA) is 126 Å². The molecule has 11 nitrogen and oxygen atoms in total. The lowest BCUT2D eigenvalue weighted by Gasteiger charge is -2.23. The van der Waals surface area contributed by atoms with Crippen LogP contribution in [0.2, 0.25) is 0 Å². The first-order valence-corrected chi connectivity index (χ1v) is 16.1. The summed E-state index contributed by atoms with van der Waals surface area (Å²) in [6.07, 6.45) is 3.56. The molecular weight excluding hydrogens is 596 g/mol. The van der Waals surface area contributed by atoms with Crippen molar-refractivity contribution in [2.24, 2.45) is 14.1 Å². The van der Waals surface area contributed by atoms with Crippen molar-refractivity contribution in [3.8, 4) is 0 Å². The van der Waals surface area contributed by atoms with Gasteiger partial charge < -0.3 is 38.7 Å². The molecule has 0 atom stereocenters. The number of aromatic nitrogens is 4. The van der Waals surface area contributed by atoms with Gasteiger partial charge in [0.05, 0.1) is 41.8 Å². The van der Waals surface area contributed by atoms with Gasteiger partial charge in [-0.1, -0.05) is 0 Å². The van der Waals surface area contributed by atoms with Crippen molar-refractivity contribution in [1.29, 1.82) is 0 Å².